The zero-order chi connectivity index (χ0) is 13.0. The molecule has 0 aliphatic carbocycles. The van der Waals surface area contributed by atoms with E-state index >= 15 is 0 Å². The molecule has 0 radical (unpaired) electrons. The van der Waals surface area contributed by atoms with E-state index in [0.717, 1.165) is 24.6 Å². The van der Waals surface area contributed by atoms with Crippen molar-refractivity contribution >= 4 is 34.2 Å². The molecule has 2 rings (SSSR count). The highest BCUT2D eigenvalue weighted by molar-refractivity contribution is 8.01. The van der Waals surface area contributed by atoms with Crippen molar-refractivity contribution in [2.45, 2.75) is 36.3 Å². The maximum Gasteiger partial charge on any atom is 0.313 e. The normalized spacial score (nSPS) is 23.8. The van der Waals surface area contributed by atoms with E-state index in [2.05, 4.69) is 22.4 Å². The van der Waals surface area contributed by atoms with Crippen LogP contribution in [0.4, 0.5) is 5.13 Å². The lowest BCUT2D eigenvalue weighted by atomic mass is 10.1. The van der Waals surface area contributed by atoms with Crippen molar-refractivity contribution < 1.29 is 14.6 Å². The molecule has 8 heteroatoms. The highest BCUT2D eigenvalue weighted by atomic mass is 32.2. The highest BCUT2D eigenvalue weighted by Gasteiger charge is 2.20. The van der Waals surface area contributed by atoms with E-state index < -0.39 is 5.97 Å². The van der Waals surface area contributed by atoms with Crippen LogP contribution in [-0.2, 0) is 9.53 Å². The molecule has 0 aromatic carbocycles. The number of hydrogen-bond donors (Lipinski definition) is 2. The van der Waals surface area contributed by atoms with Gasteiger partial charge in [0.25, 0.3) is 0 Å². The molecule has 1 aromatic heterocycles. The van der Waals surface area contributed by atoms with Crippen molar-refractivity contribution in [3.8, 4) is 0 Å². The van der Waals surface area contributed by atoms with Crippen LogP contribution in [0.3, 0.4) is 0 Å². The lowest BCUT2D eigenvalue weighted by Gasteiger charge is -2.27. The van der Waals surface area contributed by atoms with E-state index in [4.69, 9.17) is 9.84 Å². The lowest BCUT2D eigenvalue weighted by molar-refractivity contribution is -0.133. The standard InChI is InChI=1S/C10H15N3O3S2/c1-6-4-7(2-3-16-6)11-9-12-13-10(18-9)17-5-8(14)15/h6-7H,2-5H2,1H3,(H,11,12)(H,14,15). The molecule has 0 saturated carbocycles. The predicted octanol–water partition coefficient (Wildman–Crippen LogP) is 1.69. The van der Waals surface area contributed by atoms with Gasteiger partial charge in [0.05, 0.1) is 11.9 Å². The average Bonchev–Trinajstić information content (AvgIpc) is 2.74. The summed E-state index contributed by atoms with van der Waals surface area (Å²) in [6, 6.07) is 0.360. The number of anilines is 1. The SMILES string of the molecule is CC1CC(Nc2nnc(SCC(=O)O)s2)CCO1. The molecule has 100 valence electrons. The first kappa shape index (κ1) is 13.6. The van der Waals surface area contributed by atoms with E-state index in [-0.39, 0.29) is 11.9 Å². The van der Waals surface area contributed by atoms with Gasteiger partial charge in [0.2, 0.25) is 5.13 Å². The number of nitrogens with zero attached hydrogens (tertiary/aromatic N) is 2. The number of hydrogen-bond acceptors (Lipinski definition) is 7. The number of aliphatic carboxylic acids is 1. The summed E-state index contributed by atoms with van der Waals surface area (Å²) < 4.78 is 6.15. The van der Waals surface area contributed by atoms with Gasteiger partial charge in [-0.3, -0.25) is 4.79 Å². The van der Waals surface area contributed by atoms with Crippen molar-refractivity contribution in [1.82, 2.24) is 10.2 Å². The van der Waals surface area contributed by atoms with Crippen molar-refractivity contribution in [1.29, 1.82) is 0 Å². The Kier molecular flexibility index (Phi) is 4.79. The summed E-state index contributed by atoms with van der Waals surface area (Å²) in [7, 11) is 0. The quantitative estimate of drug-likeness (QED) is 0.798. The van der Waals surface area contributed by atoms with Gasteiger partial charge in [-0.2, -0.15) is 0 Å². The molecule has 18 heavy (non-hydrogen) atoms. The van der Waals surface area contributed by atoms with Gasteiger partial charge in [-0.25, -0.2) is 0 Å². The van der Waals surface area contributed by atoms with Gasteiger partial charge < -0.3 is 15.2 Å². The molecule has 1 aliphatic rings. The van der Waals surface area contributed by atoms with E-state index in [1.165, 1.54) is 23.1 Å². The maximum absolute atomic E-state index is 10.4. The monoisotopic (exact) mass is 289 g/mol. The Bertz CT molecular complexity index is 413. The molecule has 1 aliphatic heterocycles. The molecular formula is C10H15N3O3S2. The Balaban J connectivity index is 1.84. The first-order valence-electron chi connectivity index (χ1n) is 5.69. The second-order valence-electron chi connectivity index (χ2n) is 4.10. The summed E-state index contributed by atoms with van der Waals surface area (Å²) in [4.78, 5) is 10.4. The van der Waals surface area contributed by atoms with E-state index in [9.17, 15) is 4.79 Å². The Morgan fingerprint density at radius 2 is 2.50 bits per heavy atom. The van der Waals surface area contributed by atoms with Crippen LogP contribution in [0.5, 0.6) is 0 Å². The largest absolute Gasteiger partial charge is 0.481 e. The van der Waals surface area contributed by atoms with Gasteiger partial charge >= 0.3 is 5.97 Å². The number of carboxylic acids is 1. The number of aromatic nitrogens is 2. The smallest absolute Gasteiger partial charge is 0.313 e. The Morgan fingerprint density at radius 1 is 1.67 bits per heavy atom. The number of ether oxygens (including phenoxy) is 1. The molecule has 1 aromatic rings. The molecule has 6 nitrogen and oxygen atoms in total. The summed E-state index contributed by atoms with van der Waals surface area (Å²) in [6.45, 7) is 2.82. The van der Waals surface area contributed by atoms with Crippen LogP contribution in [0.2, 0.25) is 0 Å². The summed E-state index contributed by atoms with van der Waals surface area (Å²) in [6.07, 6.45) is 2.18. The van der Waals surface area contributed by atoms with Gasteiger partial charge in [-0.1, -0.05) is 23.1 Å². The van der Waals surface area contributed by atoms with Crippen LogP contribution in [0.25, 0.3) is 0 Å². The molecule has 2 unspecified atom stereocenters. The van der Waals surface area contributed by atoms with E-state index in [1.54, 1.807) is 0 Å². The second kappa shape index (κ2) is 6.35. The van der Waals surface area contributed by atoms with Crippen molar-refractivity contribution in [3.63, 3.8) is 0 Å². The first-order valence-corrected chi connectivity index (χ1v) is 7.50. The van der Waals surface area contributed by atoms with Crippen LogP contribution in [-0.4, -0.2) is 45.8 Å². The van der Waals surface area contributed by atoms with Gasteiger partial charge in [0.15, 0.2) is 4.34 Å². The number of nitrogens with one attached hydrogen (secondary N) is 1. The summed E-state index contributed by atoms with van der Waals surface area (Å²) in [5.74, 6) is -0.828. The first-order chi connectivity index (χ1) is 8.63. The van der Waals surface area contributed by atoms with Gasteiger partial charge in [0, 0.05) is 12.6 Å². The summed E-state index contributed by atoms with van der Waals surface area (Å²) >= 11 is 2.59. The summed E-state index contributed by atoms with van der Waals surface area (Å²) in [5, 5.41) is 20.6. The molecular weight excluding hydrogens is 274 g/mol. The molecule has 1 fully saturated rings. The number of carboxylic acid groups (broad SMARTS) is 1. The predicted molar refractivity (Wildman–Crippen MR) is 70.3 cm³/mol. The topological polar surface area (TPSA) is 84.3 Å². The molecule has 2 N–H and O–H groups in total. The average molecular weight is 289 g/mol. The minimum Gasteiger partial charge on any atom is -0.481 e. The third kappa shape index (κ3) is 4.11. The Hall–Kier alpha value is -0.860. The van der Waals surface area contributed by atoms with Crippen LogP contribution >= 0.6 is 23.1 Å². The summed E-state index contributed by atoms with van der Waals surface area (Å²) in [5.41, 5.74) is 0. The fraction of sp³-hybridized carbons (Fsp3) is 0.700. The van der Waals surface area contributed by atoms with E-state index in [1.807, 2.05) is 0 Å². The third-order valence-electron chi connectivity index (χ3n) is 2.54. The van der Waals surface area contributed by atoms with Crippen molar-refractivity contribution in [3.05, 3.63) is 0 Å². The lowest BCUT2D eigenvalue weighted by Crippen LogP contribution is -2.32. The van der Waals surface area contributed by atoms with Crippen LogP contribution in [0, 0.1) is 0 Å². The zero-order valence-corrected chi connectivity index (χ0v) is 11.6. The number of rotatable bonds is 5. The van der Waals surface area contributed by atoms with Gasteiger partial charge in [0.1, 0.15) is 0 Å². The third-order valence-corrected chi connectivity index (χ3v) is 4.51. The van der Waals surface area contributed by atoms with Crippen molar-refractivity contribution in [2.75, 3.05) is 17.7 Å². The Morgan fingerprint density at radius 3 is 3.22 bits per heavy atom. The van der Waals surface area contributed by atoms with Gasteiger partial charge in [-0.05, 0) is 19.8 Å². The minimum absolute atomic E-state index is 0.0168. The number of thioether (sulfide) groups is 1. The minimum atomic E-state index is -0.844. The van der Waals surface area contributed by atoms with Crippen LogP contribution in [0.15, 0.2) is 4.34 Å². The fourth-order valence-corrected chi connectivity index (χ4v) is 3.30. The molecule has 2 heterocycles. The Labute approximate surface area is 113 Å². The van der Waals surface area contributed by atoms with E-state index in [0.29, 0.717) is 10.4 Å². The van der Waals surface area contributed by atoms with Gasteiger partial charge in [-0.15, -0.1) is 10.2 Å². The molecule has 0 bridgehead atoms. The van der Waals surface area contributed by atoms with Crippen LogP contribution < -0.4 is 5.32 Å². The van der Waals surface area contributed by atoms with Crippen LogP contribution in [0.1, 0.15) is 19.8 Å². The second-order valence-corrected chi connectivity index (χ2v) is 6.30. The maximum atomic E-state index is 10.4. The molecule has 0 amide bonds. The zero-order valence-electron chi connectivity index (χ0n) is 9.96. The number of carbonyl (C=O) groups is 1. The molecule has 1 saturated heterocycles. The van der Waals surface area contributed by atoms with Crippen molar-refractivity contribution in [2.24, 2.45) is 0 Å². The fourth-order valence-electron chi connectivity index (χ4n) is 1.75. The molecule has 2 atom stereocenters. The highest BCUT2D eigenvalue weighted by Crippen LogP contribution is 2.27. The molecule has 0 spiro atoms.